The van der Waals surface area contributed by atoms with E-state index >= 15 is 0 Å². The van der Waals surface area contributed by atoms with Crippen molar-refractivity contribution in [1.82, 2.24) is 10.2 Å². The maximum absolute atomic E-state index is 13.0. The quantitative estimate of drug-likeness (QED) is 0.484. The number of rotatable bonds is 8. The van der Waals surface area contributed by atoms with Crippen molar-refractivity contribution in [2.24, 2.45) is 5.92 Å². The predicted octanol–water partition coefficient (Wildman–Crippen LogP) is 2.55. The van der Waals surface area contributed by atoms with Gasteiger partial charge in [0.05, 0.1) is 18.8 Å². The molecule has 3 rings (SSSR count). The average molecular weight is 437 g/mol. The summed E-state index contributed by atoms with van der Waals surface area (Å²) < 4.78 is 5.37. The molecule has 7 nitrogen and oxygen atoms in total. The lowest BCUT2D eigenvalue weighted by atomic mass is 9.97. The first-order chi connectivity index (χ1) is 14.6. The summed E-state index contributed by atoms with van der Waals surface area (Å²) >= 11 is 5.61. The van der Waals surface area contributed by atoms with Gasteiger partial charge in [0.2, 0.25) is 5.91 Å². The fourth-order valence-corrected chi connectivity index (χ4v) is 4.01. The second-order valence-corrected chi connectivity index (χ2v) is 8.41. The zero-order valence-electron chi connectivity index (χ0n) is 17.8. The summed E-state index contributed by atoms with van der Waals surface area (Å²) in [5.74, 6) is 0.205. The Kier molecular flexibility index (Phi) is 8.78. The number of amides is 2. The molecule has 0 spiro atoms. The first-order valence-electron chi connectivity index (χ1n) is 10.9. The van der Waals surface area contributed by atoms with Crippen molar-refractivity contribution < 1.29 is 14.3 Å². The van der Waals surface area contributed by atoms with Crippen molar-refractivity contribution in [1.29, 1.82) is 0 Å². The summed E-state index contributed by atoms with van der Waals surface area (Å²) in [6.07, 6.45) is 3.13. The fourth-order valence-electron chi connectivity index (χ4n) is 3.94. The van der Waals surface area contributed by atoms with Crippen LogP contribution in [0.1, 0.15) is 36.5 Å². The van der Waals surface area contributed by atoms with E-state index in [0.717, 1.165) is 70.9 Å². The first-order valence-corrected chi connectivity index (χ1v) is 11.4. The van der Waals surface area contributed by atoms with Gasteiger partial charge in [-0.3, -0.25) is 14.5 Å². The molecule has 2 heterocycles. The molecule has 0 atom stereocenters. The molecule has 166 valence electrons. The Morgan fingerprint density at radius 2 is 1.90 bits per heavy atom. The van der Waals surface area contributed by atoms with E-state index in [1.165, 1.54) is 0 Å². The van der Waals surface area contributed by atoms with Crippen molar-refractivity contribution in [3.63, 3.8) is 0 Å². The Morgan fingerprint density at radius 1 is 1.17 bits per heavy atom. The highest BCUT2D eigenvalue weighted by atomic mass is 35.5. The number of carbonyl (C=O) groups excluding carboxylic acids is 2. The van der Waals surface area contributed by atoms with Crippen LogP contribution in [-0.2, 0) is 9.53 Å². The van der Waals surface area contributed by atoms with Crippen LogP contribution in [0.15, 0.2) is 18.2 Å². The van der Waals surface area contributed by atoms with Crippen molar-refractivity contribution in [3.8, 4) is 0 Å². The summed E-state index contributed by atoms with van der Waals surface area (Å²) in [5, 5.41) is 5.81. The number of carbonyl (C=O) groups is 2. The van der Waals surface area contributed by atoms with Gasteiger partial charge in [-0.05, 0) is 49.9 Å². The second-order valence-electron chi connectivity index (χ2n) is 8.15. The lowest BCUT2D eigenvalue weighted by Gasteiger charge is -2.33. The predicted molar refractivity (Wildman–Crippen MR) is 121 cm³/mol. The fraction of sp³-hybridized carbons (Fsp3) is 0.636. The van der Waals surface area contributed by atoms with Gasteiger partial charge in [-0.15, -0.1) is 11.6 Å². The summed E-state index contributed by atoms with van der Waals surface area (Å²) in [6, 6.07) is 5.53. The van der Waals surface area contributed by atoms with E-state index in [1.807, 2.05) is 12.1 Å². The second kappa shape index (κ2) is 11.5. The van der Waals surface area contributed by atoms with Crippen LogP contribution in [0.5, 0.6) is 0 Å². The Balaban J connectivity index is 1.64. The van der Waals surface area contributed by atoms with Gasteiger partial charge in [0, 0.05) is 44.1 Å². The number of nitrogens with one attached hydrogen (secondary N) is 2. The molecule has 2 saturated heterocycles. The van der Waals surface area contributed by atoms with Crippen LogP contribution in [0.25, 0.3) is 0 Å². The van der Waals surface area contributed by atoms with Crippen LogP contribution < -0.4 is 15.5 Å². The van der Waals surface area contributed by atoms with Crippen LogP contribution in [0.3, 0.4) is 0 Å². The molecule has 2 aliphatic heterocycles. The van der Waals surface area contributed by atoms with Crippen LogP contribution >= 0.6 is 11.6 Å². The smallest absolute Gasteiger partial charge is 0.253 e. The monoisotopic (exact) mass is 436 g/mol. The third-order valence-electron chi connectivity index (χ3n) is 5.81. The Bertz CT molecular complexity index is 716. The lowest BCUT2D eigenvalue weighted by Crippen LogP contribution is -2.38. The molecular weight excluding hydrogens is 404 g/mol. The third kappa shape index (κ3) is 6.59. The Morgan fingerprint density at radius 3 is 2.60 bits per heavy atom. The Labute approximate surface area is 184 Å². The molecule has 0 bridgehead atoms. The van der Waals surface area contributed by atoms with Gasteiger partial charge >= 0.3 is 0 Å². The first kappa shape index (κ1) is 22.8. The molecule has 0 saturated carbocycles. The van der Waals surface area contributed by atoms with Gasteiger partial charge in [0.25, 0.3) is 5.91 Å². The van der Waals surface area contributed by atoms with E-state index in [1.54, 1.807) is 6.07 Å². The van der Waals surface area contributed by atoms with E-state index in [2.05, 4.69) is 27.4 Å². The molecule has 1 aromatic rings. The number of hydrogen-bond donors (Lipinski definition) is 2. The normalized spacial score (nSPS) is 18.3. The molecule has 0 radical (unpaired) electrons. The van der Waals surface area contributed by atoms with Crippen molar-refractivity contribution in [3.05, 3.63) is 23.8 Å². The molecule has 0 aromatic heterocycles. The maximum atomic E-state index is 13.0. The number of halogens is 1. The SMILES string of the molecule is CC1CCN(c2ccc(NC(=O)CCl)cc2C(=O)NCCCN2CCOCC2)CC1. The maximum Gasteiger partial charge on any atom is 0.253 e. The van der Waals surface area contributed by atoms with Crippen LogP contribution in [-0.4, -0.2) is 75.1 Å². The van der Waals surface area contributed by atoms with Gasteiger partial charge in [0.1, 0.15) is 5.88 Å². The number of benzene rings is 1. The average Bonchev–Trinajstić information content (AvgIpc) is 2.78. The van der Waals surface area contributed by atoms with E-state index in [9.17, 15) is 9.59 Å². The molecular formula is C22H33ClN4O3. The molecule has 2 N–H and O–H groups in total. The lowest BCUT2D eigenvalue weighted by molar-refractivity contribution is -0.113. The molecule has 2 aliphatic rings. The summed E-state index contributed by atoms with van der Waals surface area (Å²) in [5.41, 5.74) is 2.12. The van der Waals surface area contributed by atoms with Crippen LogP contribution in [0.4, 0.5) is 11.4 Å². The number of nitrogens with zero attached hydrogens (tertiary/aromatic N) is 2. The minimum absolute atomic E-state index is 0.104. The highest BCUT2D eigenvalue weighted by Gasteiger charge is 2.22. The molecule has 2 fully saturated rings. The van der Waals surface area contributed by atoms with E-state index in [0.29, 0.717) is 23.7 Å². The molecule has 8 heteroatoms. The number of anilines is 2. The third-order valence-corrected chi connectivity index (χ3v) is 6.05. The van der Waals surface area contributed by atoms with Crippen molar-refractivity contribution in [2.45, 2.75) is 26.2 Å². The molecule has 1 aromatic carbocycles. The number of ether oxygens (including phenoxy) is 1. The zero-order valence-corrected chi connectivity index (χ0v) is 18.5. The summed E-state index contributed by atoms with van der Waals surface area (Å²) in [7, 11) is 0. The van der Waals surface area contributed by atoms with Gasteiger partial charge in [0.15, 0.2) is 0 Å². The van der Waals surface area contributed by atoms with Gasteiger partial charge in [-0.2, -0.15) is 0 Å². The van der Waals surface area contributed by atoms with Crippen LogP contribution in [0, 0.1) is 5.92 Å². The zero-order chi connectivity index (χ0) is 21.3. The van der Waals surface area contributed by atoms with E-state index in [4.69, 9.17) is 16.3 Å². The summed E-state index contributed by atoms with van der Waals surface area (Å²) in [6.45, 7) is 9.18. The molecule has 0 unspecified atom stereocenters. The minimum Gasteiger partial charge on any atom is -0.379 e. The van der Waals surface area contributed by atoms with Crippen molar-refractivity contribution >= 4 is 34.8 Å². The Hall–Kier alpha value is -1.83. The van der Waals surface area contributed by atoms with Gasteiger partial charge < -0.3 is 20.3 Å². The van der Waals surface area contributed by atoms with Crippen LogP contribution in [0.2, 0.25) is 0 Å². The number of hydrogen-bond acceptors (Lipinski definition) is 5. The summed E-state index contributed by atoms with van der Waals surface area (Å²) in [4.78, 5) is 29.3. The van der Waals surface area contributed by atoms with E-state index < -0.39 is 0 Å². The standard InChI is InChI=1S/C22H33ClN4O3/c1-17-5-9-27(10-6-17)20-4-3-18(25-21(28)16-23)15-19(20)22(29)24-7-2-8-26-11-13-30-14-12-26/h3-4,15,17H,2,5-14,16H2,1H3,(H,24,29)(H,25,28). The number of morpholine rings is 1. The number of alkyl halides is 1. The number of piperidine rings is 1. The molecule has 2 amide bonds. The highest BCUT2D eigenvalue weighted by molar-refractivity contribution is 6.29. The topological polar surface area (TPSA) is 73.9 Å². The van der Waals surface area contributed by atoms with Gasteiger partial charge in [-0.25, -0.2) is 0 Å². The van der Waals surface area contributed by atoms with Crippen molar-refractivity contribution in [2.75, 3.05) is 68.6 Å². The van der Waals surface area contributed by atoms with Gasteiger partial charge in [-0.1, -0.05) is 6.92 Å². The highest BCUT2D eigenvalue weighted by Crippen LogP contribution is 2.28. The minimum atomic E-state index is -0.284. The molecule has 30 heavy (non-hydrogen) atoms. The molecule has 0 aliphatic carbocycles. The van der Waals surface area contributed by atoms with E-state index in [-0.39, 0.29) is 17.7 Å². The largest absolute Gasteiger partial charge is 0.379 e.